The minimum atomic E-state index is -0.391. The van der Waals surface area contributed by atoms with Crippen LogP contribution in [-0.2, 0) is 6.54 Å². The topological polar surface area (TPSA) is 66.9 Å². The normalized spacial score (nSPS) is 12.7. The first-order chi connectivity index (χ1) is 15.4. The van der Waals surface area contributed by atoms with Crippen molar-refractivity contribution in [2.75, 3.05) is 18.6 Å². The van der Waals surface area contributed by atoms with Crippen molar-refractivity contribution in [2.45, 2.75) is 13.5 Å². The highest BCUT2D eigenvalue weighted by Crippen LogP contribution is 2.28. The third-order valence-electron chi connectivity index (χ3n) is 5.41. The molecule has 6 nitrogen and oxygen atoms in total. The fourth-order valence-corrected chi connectivity index (χ4v) is 3.80. The van der Waals surface area contributed by atoms with Gasteiger partial charge in [-0.2, -0.15) is 0 Å². The maximum atomic E-state index is 13.3. The second-order valence-electron chi connectivity index (χ2n) is 7.30. The molecule has 162 valence electrons. The van der Waals surface area contributed by atoms with Crippen LogP contribution in [0, 0.1) is 5.82 Å². The monoisotopic (exact) mass is 432 g/mol. The van der Waals surface area contributed by atoms with Gasteiger partial charge in [-0.05, 0) is 61.0 Å². The lowest BCUT2D eigenvalue weighted by atomic mass is 10.1. The summed E-state index contributed by atoms with van der Waals surface area (Å²) >= 11 is 0. The smallest absolute Gasteiger partial charge is 0.262 e. The molecule has 0 aliphatic carbocycles. The van der Waals surface area contributed by atoms with Gasteiger partial charge in [-0.1, -0.05) is 18.2 Å². The van der Waals surface area contributed by atoms with E-state index in [9.17, 15) is 18.8 Å². The maximum Gasteiger partial charge on any atom is 0.262 e. The van der Waals surface area contributed by atoms with Crippen molar-refractivity contribution < 1.29 is 23.5 Å². The molecule has 32 heavy (non-hydrogen) atoms. The molecule has 7 heteroatoms. The zero-order valence-electron chi connectivity index (χ0n) is 17.7. The largest absolute Gasteiger partial charge is 0.496 e. The van der Waals surface area contributed by atoms with Crippen LogP contribution < -0.4 is 9.64 Å². The highest BCUT2D eigenvalue weighted by molar-refractivity contribution is 6.21. The molecule has 0 N–H and O–H groups in total. The van der Waals surface area contributed by atoms with Gasteiger partial charge in [0.15, 0.2) is 0 Å². The number of hydrogen-bond acceptors (Lipinski definition) is 4. The second kappa shape index (κ2) is 8.63. The number of imide groups is 1. The standard InChI is InChI=1S/C25H21FN2O4/c1-3-27(18-11-9-17(26)10-12-18)25(31)21-14-16(8-13-22(21)32-2)15-28-23(29)19-6-4-5-7-20(19)24(28)30/h4-14H,3,15H2,1-2H3. The Balaban J connectivity index is 1.64. The number of fused-ring (bicyclic) bond motifs is 1. The van der Waals surface area contributed by atoms with Gasteiger partial charge in [0.1, 0.15) is 11.6 Å². The number of anilines is 1. The van der Waals surface area contributed by atoms with E-state index >= 15 is 0 Å². The molecule has 0 fully saturated rings. The first-order valence-electron chi connectivity index (χ1n) is 10.1. The quantitative estimate of drug-likeness (QED) is 0.545. The van der Waals surface area contributed by atoms with Crippen molar-refractivity contribution in [1.29, 1.82) is 0 Å². The molecule has 3 amide bonds. The number of amides is 3. The van der Waals surface area contributed by atoms with Crippen LogP contribution in [0.1, 0.15) is 43.6 Å². The lowest BCUT2D eigenvalue weighted by Crippen LogP contribution is -2.31. The molecule has 3 aromatic rings. The van der Waals surface area contributed by atoms with Gasteiger partial charge in [0.2, 0.25) is 0 Å². The van der Waals surface area contributed by atoms with E-state index in [0.29, 0.717) is 34.7 Å². The van der Waals surface area contributed by atoms with Gasteiger partial charge in [0.05, 0.1) is 30.3 Å². The molecule has 4 rings (SSSR count). The van der Waals surface area contributed by atoms with Crippen molar-refractivity contribution in [3.05, 3.63) is 94.8 Å². The molecule has 0 bridgehead atoms. The summed E-state index contributed by atoms with van der Waals surface area (Å²) in [5.41, 5.74) is 2.19. The van der Waals surface area contributed by atoms with Crippen LogP contribution in [0.25, 0.3) is 0 Å². The lowest BCUT2D eigenvalue weighted by molar-refractivity contribution is 0.0642. The fraction of sp³-hybridized carbons (Fsp3) is 0.160. The summed E-state index contributed by atoms with van der Waals surface area (Å²) in [6.07, 6.45) is 0. The number of carbonyl (C=O) groups is 3. The maximum absolute atomic E-state index is 13.3. The Morgan fingerprint density at radius 2 is 1.59 bits per heavy atom. The van der Waals surface area contributed by atoms with E-state index in [0.717, 1.165) is 4.90 Å². The van der Waals surface area contributed by atoms with Crippen LogP contribution in [-0.4, -0.2) is 36.3 Å². The predicted molar refractivity (Wildman–Crippen MR) is 117 cm³/mol. The van der Waals surface area contributed by atoms with Crippen molar-refractivity contribution in [3.8, 4) is 5.75 Å². The van der Waals surface area contributed by atoms with Gasteiger partial charge in [0.25, 0.3) is 17.7 Å². The molecule has 0 atom stereocenters. The lowest BCUT2D eigenvalue weighted by Gasteiger charge is -2.23. The SMILES string of the molecule is CCN(C(=O)c1cc(CN2C(=O)c3ccccc3C2=O)ccc1OC)c1ccc(F)cc1. The van der Waals surface area contributed by atoms with Crippen LogP contribution in [0.4, 0.5) is 10.1 Å². The summed E-state index contributed by atoms with van der Waals surface area (Å²) in [6, 6.07) is 17.3. The van der Waals surface area contributed by atoms with Crippen molar-refractivity contribution in [1.82, 2.24) is 4.90 Å². The second-order valence-corrected chi connectivity index (χ2v) is 7.30. The Kier molecular flexibility index (Phi) is 5.73. The first kappa shape index (κ1) is 21.2. The highest BCUT2D eigenvalue weighted by Gasteiger charge is 2.35. The molecule has 0 unspecified atom stereocenters. The van der Waals surface area contributed by atoms with Crippen molar-refractivity contribution >= 4 is 23.4 Å². The van der Waals surface area contributed by atoms with Gasteiger partial charge in [-0.15, -0.1) is 0 Å². The molecule has 1 heterocycles. The van der Waals surface area contributed by atoms with Gasteiger partial charge in [-0.25, -0.2) is 4.39 Å². The third-order valence-corrected chi connectivity index (χ3v) is 5.41. The molecular weight excluding hydrogens is 411 g/mol. The molecular formula is C25H21FN2O4. The molecule has 1 aliphatic rings. The predicted octanol–water partition coefficient (Wildman–Crippen LogP) is 4.30. The van der Waals surface area contributed by atoms with E-state index in [1.54, 1.807) is 42.5 Å². The Morgan fingerprint density at radius 1 is 0.969 bits per heavy atom. The van der Waals surface area contributed by atoms with Crippen LogP contribution in [0.2, 0.25) is 0 Å². The van der Waals surface area contributed by atoms with Gasteiger partial charge in [0, 0.05) is 12.2 Å². The van der Waals surface area contributed by atoms with Crippen LogP contribution in [0.3, 0.4) is 0 Å². The van der Waals surface area contributed by atoms with Gasteiger partial charge in [-0.3, -0.25) is 19.3 Å². The average Bonchev–Trinajstić information content (AvgIpc) is 3.05. The van der Waals surface area contributed by atoms with E-state index < -0.39 is 5.82 Å². The van der Waals surface area contributed by atoms with Crippen LogP contribution in [0.15, 0.2) is 66.7 Å². The van der Waals surface area contributed by atoms with Crippen molar-refractivity contribution in [2.24, 2.45) is 0 Å². The van der Waals surface area contributed by atoms with E-state index in [4.69, 9.17) is 4.74 Å². The number of hydrogen-bond donors (Lipinski definition) is 0. The highest BCUT2D eigenvalue weighted by atomic mass is 19.1. The number of benzene rings is 3. The van der Waals surface area contributed by atoms with E-state index in [2.05, 4.69) is 0 Å². The van der Waals surface area contributed by atoms with Crippen LogP contribution in [0.5, 0.6) is 5.75 Å². The first-order valence-corrected chi connectivity index (χ1v) is 10.1. The molecule has 0 saturated carbocycles. The Morgan fingerprint density at radius 3 is 2.16 bits per heavy atom. The van der Waals surface area contributed by atoms with E-state index in [1.165, 1.54) is 36.3 Å². The molecule has 1 aliphatic heterocycles. The number of nitrogens with zero attached hydrogens (tertiary/aromatic N) is 2. The van der Waals surface area contributed by atoms with Gasteiger partial charge < -0.3 is 9.64 Å². The van der Waals surface area contributed by atoms with E-state index in [1.807, 2.05) is 6.92 Å². The summed E-state index contributed by atoms with van der Waals surface area (Å²) in [7, 11) is 1.46. The summed E-state index contributed by atoms with van der Waals surface area (Å²) in [4.78, 5) is 41.4. The number of ether oxygens (including phenoxy) is 1. The summed E-state index contributed by atoms with van der Waals surface area (Å²) in [5, 5.41) is 0. The zero-order chi connectivity index (χ0) is 22.8. The summed E-state index contributed by atoms with van der Waals surface area (Å²) < 4.78 is 18.7. The Labute approximate surface area is 184 Å². The van der Waals surface area contributed by atoms with Crippen molar-refractivity contribution in [3.63, 3.8) is 0 Å². The Bertz CT molecular complexity index is 1170. The minimum Gasteiger partial charge on any atom is -0.496 e. The summed E-state index contributed by atoms with van der Waals surface area (Å²) in [6.45, 7) is 2.20. The number of methoxy groups -OCH3 is 1. The zero-order valence-corrected chi connectivity index (χ0v) is 17.7. The van der Waals surface area contributed by atoms with Gasteiger partial charge >= 0.3 is 0 Å². The molecule has 0 radical (unpaired) electrons. The Hall–Kier alpha value is -4.00. The molecule has 0 aromatic heterocycles. The van der Waals surface area contributed by atoms with E-state index in [-0.39, 0.29) is 29.8 Å². The third kappa shape index (κ3) is 3.73. The molecule has 0 saturated heterocycles. The number of rotatable bonds is 6. The molecule has 3 aromatic carbocycles. The fourth-order valence-electron chi connectivity index (χ4n) is 3.80. The van der Waals surface area contributed by atoms with Crippen LogP contribution >= 0.6 is 0 Å². The number of halogens is 1. The number of carbonyl (C=O) groups excluding carboxylic acids is 3. The molecule has 0 spiro atoms. The average molecular weight is 432 g/mol. The minimum absolute atomic E-state index is 0.0271. The summed E-state index contributed by atoms with van der Waals surface area (Å²) in [5.74, 6) is -1.09.